The average molecular weight is 597 g/mol. The van der Waals surface area contributed by atoms with E-state index in [4.69, 9.17) is 9.47 Å². The average Bonchev–Trinajstić information content (AvgIpc) is 2.79. The first-order chi connectivity index (χ1) is 17.9. The second-order valence-corrected chi connectivity index (χ2v) is 14.7. The Morgan fingerprint density at radius 1 is 0.974 bits per heavy atom. The van der Waals surface area contributed by atoms with Crippen molar-refractivity contribution in [1.82, 2.24) is 0 Å². The molecule has 0 heterocycles. The third kappa shape index (κ3) is 9.59. The van der Waals surface area contributed by atoms with E-state index in [9.17, 15) is 19.1 Å². The minimum atomic E-state index is -1.99. The Bertz CT molecular complexity index is 1090. The molecule has 0 saturated carbocycles. The van der Waals surface area contributed by atoms with Crippen LogP contribution in [0.15, 0.2) is 30.3 Å². The van der Waals surface area contributed by atoms with E-state index in [-0.39, 0.29) is 24.4 Å². The number of carboxylic acids is 1. The fourth-order valence-corrected chi connectivity index (χ4v) is 10.7. The maximum atomic E-state index is 15.9. The number of nitrogens with one attached hydrogen (secondary N) is 2. The summed E-state index contributed by atoms with van der Waals surface area (Å²) in [5, 5.41) is 16.3. The molecular formula is C28H39AsF2N2O5. The number of hydrogen-bond donors (Lipinski definition) is 3. The first-order valence-corrected chi connectivity index (χ1v) is 16.3. The number of anilines is 2. The van der Waals surface area contributed by atoms with Gasteiger partial charge in [0.15, 0.2) is 0 Å². The second-order valence-electron chi connectivity index (χ2n) is 10.00. The van der Waals surface area contributed by atoms with E-state index in [1.165, 1.54) is 25.3 Å². The fraction of sp³-hybridized carbons (Fsp3) is 0.500. The predicted octanol–water partition coefficient (Wildman–Crippen LogP) is 6.23. The van der Waals surface area contributed by atoms with Gasteiger partial charge in [-0.1, -0.05) is 0 Å². The zero-order valence-electron chi connectivity index (χ0n) is 22.9. The molecule has 1 atom stereocenters. The number of aliphatic carboxylic acids is 1. The molecule has 2 rings (SSSR count). The van der Waals surface area contributed by atoms with Gasteiger partial charge in [-0.15, -0.1) is 0 Å². The van der Waals surface area contributed by atoms with Crippen LogP contribution in [-0.4, -0.2) is 52.1 Å². The standard InChI is InChI=1S/C28H39AsF2N2O5/c1-7-38-21-8-9-24(22(30)13-21)32-28(36)33-25-11-19(20(16-37-6)12-26(34)35)10-23(31)27(25)29(14-17(2)3)15-18(4)5/h8-11,13,17-18,20H,7,12,14-16H2,1-6H3,(H,34,35)(H2,32,33,36). The molecule has 0 radical (unpaired) electrons. The molecular weight excluding hydrogens is 557 g/mol. The molecule has 2 amide bonds. The molecule has 1 unspecified atom stereocenters. The number of carboxylic acid groups (broad SMARTS) is 1. The number of carbonyl (C=O) groups excluding carboxylic acids is 1. The van der Waals surface area contributed by atoms with Crippen LogP contribution in [0, 0.1) is 23.5 Å². The number of amides is 2. The third-order valence-electron chi connectivity index (χ3n) is 5.58. The predicted molar refractivity (Wildman–Crippen MR) is 148 cm³/mol. The Balaban J connectivity index is 2.52. The van der Waals surface area contributed by atoms with Crippen LogP contribution in [0.25, 0.3) is 0 Å². The molecule has 0 fully saturated rings. The summed E-state index contributed by atoms with van der Waals surface area (Å²) >= 11 is -1.99. The van der Waals surface area contributed by atoms with Gasteiger partial charge in [0, 0.05) is 0 Å². The molecule has 210 valence electrons. The number of rotatable bonds is 14. The van der Waals surface area contributed by atoms with Gasteiger partial charge in [-0.05, 0) is 0 Å². The number of urea groups is 1. The molecule has 0 aliphatic rings. The van der Waals surface area contributed by atoms with Gasteiger partial charge in [0.05, 0.1) is 0 Å². The van der Waals surface area contributed by atoms with E-state index in [1.54, 1.807) is 19.1 Å². The number of carbonyl (C=O) groups is 2. The van der Waals surface area contributed by atoms with Crippen LogP contribution in [0.2, 0.25) is 10.4 Å². The van der Waals surface area contributed by atoms with Gasteiger partial charge < -0.3 is 0 Å². The Labute approximate surface area is 228 Å². The maximum absolute atomic E-state index is 15.9. The summed E-state index contributed by atoms with van der Waals surface area (Å²) in [4.78, 5) is 24.5. The molecule has 0 aliphatic carbocycles. The van der Waals surface area contributed by atoms with Crippen molar-refractivity contribution < 1.29 is 33.0 Å². The van der Waals surface area contributed by atoms with Crippen LogP contribution < -0.4 is 19.7 Å². The normalized spacial score (nSPS) is 12.2. The van der Waals surface area contributed by atoms with Crippen LogP contribution >= 0.6 is 0 Å². The minimum absolute atomic E-state index is 0.0500. The van der Waals surface area contributed by atoms with E-state index in [2.05, 4.69) is 38.3 Å². The molecule has 2 aromatic carbocycles. The topological polar surface area (TPSA) is 96.9 Å². The molecule has 7 nitrogen and oxygen atoms in total. The van der Waals surface area contributed by atoms with E-state index < -0.39 is 44.2 Å². The zero-order valence-corrected chi connectivity index (χ0v) is 24.8. The van der Waals surface area contributed by atoms with Crippen molar-refractivity contribution in [2.75, 3.05) is 31.0 Å². The van der Waals surface area contributed by atoms with Crippen LogP contribution in [0.4, 0.5) is 25.0 Å². The molecule has 10 heteroatoms. The monoisotopic (exact) mass is 596 g/mol. The van der Waals surface area contributed by atoms with Crippen molar-refractivity contribution in [2.45, 2.75) is 57.4 Å². The quantitative estimate of drug-likeness (QED) is 0.225. The van der Waals surface area contributed by atoms with Crippen molar-refractivity contribution in [2.24, 2.45) is 11.8 Å². The Kier molecular flexibility index (Phi) is 12.5. The summed E-state index contributed by atoms with van der Waals surface area (Å²) in [6, 6.07) is 6.41. The van der Waals surface area contributed by atoms with Crippen molar-refractivity contribution in [3.05, 3.63) is 47.5 Å². The van der Waals surface area contributed by atoms with Crippen molar-refractivity contribution >= 4 is 42.4 Å². The van der Waals surface area contributed by atoms with Gasteiger partial charge in [0.1, 0.15) is 0 Å². The summed E-state index contributed by atoms with van der Waals surface area (Å²) in [5.41, 5.74) is 0.656. The number of hydrogen-bond acceptors (Lipinski definition) is 4. The van der Waals surface area contributed by atoms with Gasteiger partial charge in [0.25, 0.3) is 0 Å². The Morgan fingerprint density at radius 3 is 2.13 bits per heavy atom. The summed E-state index contributed by atoms with van der Waals surface area (Å²) in [7, 11) is 1.45. The molecule has 2 aromatic rings. The van der Waals surface area contributed by atoms with Crippen LogP contribution in [0.3, 0.4) is 0 Å². The number of methoxy groups -OCH3 is 1. The first kappa shape index (κ1) is 31.6. The fourth-order valence-electron chi connectivity index (χ4n) is 4.23. The van der Waals surface area contributed by atoms with E-state index in [0.29, 0.717) is 34.1 Å². The van der Waals surface area contributed by atoms with E-state index in [0.717, 1.165) is 10.4 Å². The van der Waals surface area contributed by atoms with Crippen LogP contribution in [0.1, 0.15) is 52.5 Å². The van der Waals surface area contributed by atoms with Gasteiger partial charge in [-0.2, -0.15) is 0 Å². The number of benzene rings is 2. The van der Waals surface area contributed by atoms with Crippen molar-refractivity contribution in [1.29, 1.82) is 0 Å². The molecule has 0 bridgehead atoms. The third-order valence-corrected chi connectivity index (χ3v) is 12.8. The van der Waals surface area contributed by atoms with Crippen molar-refractivity contribution in [3.8, 4) is 5.75 Å². The molecule has 0 saturated heterocycles. The molecule has 0 aromatic heterocycles. The van der Waals surface area contributed by atoms with Gasteiger partial charge >= 0.3 is 229 Å². The summed E-state index contributed by atoms with van der Waals surface area (Å²) in [6.45, 7) is 10.6. The first-order valence-electron chi connectivity index (χ1n) is 12.7. The Hall–Kier alpha value is -2.64. The van der Waals surface area contributed by atoms with Gasteiger partial charge in [-0.3, -0.25) is 0 Å². The van der Waals surface area contributed by atoms with Gasteiger partial charge in [0.2, 0.25) is 0 Å². The molecule has 0 spiro atoms. The van der Waals surface area contributed by atoms with Crippen molar-refractivity contribution in [3.63, 3.8) is 0 Å². The molecule has 0 aliphatic heterocycles. The molecule has 38 heavy (non-hydrogen) atoms. The second kappa shape index (κ2) is 15.1. The summed E-state index contributed by atoms with van der Waals surface area (Å²) in [6.07, 6.45) is -0.255. The van der Waals surface area contributed by atoms with Crippen LogP contribution in [-0.2, 0) is 9.53 Å². The summed E-state index contributed by atoms with van der Waals surface area (Å²) < 4.78 is 41.4. The Morgan fingerprint density at radius 2 is 1.61 bits per heavy atom. The zero-order chi connectivity index (χ0) is 28.4. The molecule has 3 N–H and O–H groups in total. The van der Waals surface area contributed by atoms with E-state index in [1.807, 2.05) is 0 Å². The van der Waals surface area contributed by atoms with Crippen LogP contribution in [0.5, 0.6) is 5.75 Å². The van der Waals surface area contributed by atoms with E-state index >= 15 is 4.39 Å². The van der Waals surface area contributed by atoms with Gasteiger partial charge in [-0.25, -0.2) is 0 Å². The SMILES string of the molecule is CCOc1ccc(NC(=O)Nc2cc(C(COC)CC(=O)O)cc(F)c2[As](CC(C)C)CC(C)C)c(F)c1. The number of halogens is 2. The number of ether oxygens (including phenoxy) is 2. The summed E-state index contributed by atoms with van der Waals surface area (Å²) in [5.74, 6) is -1.77.